The minimum Gasteiger partial charge on any atom is -0.454 e. The lowest BCUT2D eigenvalue weighted by molar-refractivity contribution is -0.124. The van der Waals surface area contributed by atoms with Crippen molar-refractivity contribution in [3.05, 3.63) is 18.2 Å². The molecule has 0 aliphatic carbocycles. The van der Waals surface area contributed by atoms with Crippen LogP contribution in [0.4, 0.5) is 5.69 Å². The van der Waals surface area contributed by atoms with Crippen molar-refractivity contribution in [1.82, 2.24) is 0 Å². The van der Waals surface area contributed by atoms with Crippen LogP contribution in [-0.2, 0) is 4.79 Å². The molecule has 0 saturated heterocycles. The normalized spacial score (nSPS) is 16.2. The Morgan fingerprint density at radius 3 is 2.83 bits per heavy atom. The van der Waals surface area contributed by atoms with Crippen LogP contribution >= 0.6 is 0 Å². The summed E-state index contributed by atoms with van der Waals surface area (Å²) in [6.07, 6.45) is 0.694. The number of rotatable bonds is 4. The molecule has 0 aromatic heterocycles. The third kappa shape index (κ3) is 2.26. The summed E-state index contributed by atoms with van der Waals surface area (Å²) in [4.78, 5) is 12.1. The van der Waals surface area contributed by atoms with Crippen LogP contribution < -0.4 is 20.5 Å². The van der Waals surface area contributed by atoms with Gasteiger partial charge in [-0.1, -0.05) is 6.92 Å². The van der Waals surface area contributed by atoms with Gasteiger partial charge in [-0.25, -0.2) is 0 Å². The van der Waals surface area contributed by atoms with Gasteiger partial charge < -0.3 is 20.5 Å². The molecule has 5 heteroatoms. The number of ether oxygens (including phenoxy) is 2. The average molecular weight is 250 g/mol. The number of carbonyl (C=O) groups is 1. The Hall–Kier alpha value is -1.75. The second-order valence-corrected chi connectivity index (χ2v) is 4.64. The van der Waals surface area contributed by atoms with Crippen molar-refractivity contribution in [2.24, 2.45) is 11.1 Å². The van der Waals surface area contributed by atoms with Gasteiger partial charge in [0.15, 0.2) is 11.5 Å². The number of amides is 1. The molecular weight excluding hydrogens is 232 g/mol. The van der Waals surface area contributed by atoms with Crippen LogP contribution in [0.1, 0.15) is 20.3 Å². The first-order valence-corrected chi connectivity index (χ1v) is 6.00. The van der Waals surface area contributed by atoms with E-state index in [1.807, 2.05) is 13.8 Å². The number of nitrogens with two attached hydrogens (primary N) is 1. The molecule has 98 valence electrons. The molecule has 0 radical (unpaired) electrons. The number of carbonyl (C=O) groups excluding carboxylic acids is 1. The van der Waals surface area contributed by atoms with Crippen molar-refractivity contribution in [3.8, 4) is 11.5 Å². The quantitative estimate of drug-likeness (QED) is 0.853. The molecule has 18 heavy (non-hydrogen) atoms. The van der Waals surface area contributed by atoms with Gasteiger partial charge in [-0.3, -0.25) is 4.79 Å². The van der Waals surface area contributed by atoms with Crippen LogP contribution in [0.5, 0.6) is 11.5 Å². The molecular formula is C13H18N2O3. The molecule has 0 bridgehead atoms. The maximum absolute atomic E-state index is 12.1. The van der Waals surface area contributed by atoms with Gasteiger partial charge >= 0.3 is 0 Å². The summed E-state index contributed by atoms with van der Waals surface area (Å²) in [5, 5.41) is 2.86. The highest BCUT2D eigenvalue weighted by atomic mass is 16.7. The zero-order chi connectivity index (χ0) is 13.2. The fourth-order valence-corrected chi connectivity index (χ4v) is 1.65. The Bertz CT molecular complexity index is 456. The molecule has 0 fully saturated rings. The summed E-state index contributed by atoms with van der Waals surface area (Å²) in [5.41, 5.74) is 5.80. The zero-order valence-electron chi connectivity index (χ0n) is 10.7. The van der Waals surface area contributed by atoms with E-state index in [0.717, 1.165) is 0 Å². The summed E-state index contributed by atoms with van der Waals surface area (Å²) in [6, 6.07) is 5.33. The number of nitrogens with one attached hydrogen (secondary N) is 1. The molecule has 1 aromatic rings. The average Bonchev–Trinajstić information content (AvgIpc) is 2.85. The van der Waals surface area contributed by atoms with E-state index >= 15 is 0 Å². The largest absolute Gasteiger partial charge is 0.454 e. The van der Waals surface area contributed by atoms with Crippen LogP contribution in [0.25, 0.3) is 0 Å². The second kappa shape index (κ2) is 4.86. The van der Waals surface area contributed by atoms with Crippen molar-refractivity contribution >= 4 is 11.6 Å². The lowest BCUT2D eigenvalue weighted by Crippen LogP contribution is -2.39. The summed E-state index contributed by atoms with van der Waals surface area (Å²) in [5.74, 6) is 1.27. The first-order valence-electron chi connectivity index (χ1n) is 6.00. The van der Waals surface area contributed by atoms with E-state index in [1.165, 1.54) is 0 Å². The second-order valence-electron chi connectivity index (χ2n) is 4.64. The first kappa shape index (κ1) is 12.7. The molecule has 1 atom stereocenters. The van der Waals surface area contributed by atoms with Crippen LogP contribution in [0.2, 0.25) is 0 Å². The highest BCUT2D eigenvalue weighted by Crippen LogP contribution is 2.34. The SMILES string of the molecule is CCC(C)(CN)C(=O)Nc1ccc2c(c1)OCO2. The van der Waals surface area contributed by atoms with E-state index in [2.05, 4.69) is 5.32 Å². The van der Waals surface area contributed by atoms with Gasteiger partial charge in [-0.05, 0) is 25.5 Å². The molecule has 0 spiro atoms. The fraction of sp³-hybridized carbons (Fsp3) is 0.462. The minimum absolute atomic E-state index is 0.0774. The predicted octanol–water partition coefficient (Wildman–Crippen LogP) is 1.73. The van der Waals surface area contributed by atoms with Crippen molar-refractivity contribution in [2.45, 2.75) is 20.3 Å². The molecule has 1 unspecified atom stereocenters. The van der Waals surface area contributed by atoms with E-state index < -0.39 is 5.41 Å². The number of fused-ring (bicyclic) bond motifs is 1. The molecule has 0 saturated carbocycles. The summed E-state index contributed by atoms with van der Waals surface area (Å²) in [7, 11) is 0. The maximum Gasteiger partial charge on any atom is 0.231 e. The third-order valence-electron chi connectivity index (χ3n) is 3.41. The van der Waals surface area contributed by atoms with E-state index in [4.69, 9.17) is 15.2 Å². The first-order chi connectivity index (χ1) is 8.59. The van der Waals surface area contributed by atoms with E-state index in [9.17, 15) is 4.79 Å². The van der Waals surface area contributed by atoms with Gasteiger partial charge in [0, 0.05) is 18.3 Å². The van der Waals surface area contributed by atoms with Crippen LogP contribution in [0.3, 0.4) is 0 Å². The lowest BCUT2D eigenvalue weighted by Gasteiger charge is -2.24. The molecule has 1 amide bonds. The molecule has 1 aliphatic heterocycles. The topological polar surface area (TPSA) is 73.6 Å². The van der Waals surface area contributed by atoms with Crippen molar-refractivity contribution in [3.63, 3.8) is 0 Å². The maximum atomic E-state index is 12.1. The Morgan fingerprint density at radius 1 is 1.44 bits per heavy atom. The molecule has 1 aliphatic rings. The summed E-state index contributed by atoms with van der Waals surface area (Å²) in [6.45, 7) is 4.35. The number of hydrogen-bond donors (Lipinski definition) is 2. The number of hydrogen-bond acceptors (Lipinski definition) is 4. The molecule has 3 N–H and O–H groups in total. The minimum atomic E-state index is -0.545. The Morgan fingerprint density at radius 2 is 2.17 bits per heavy atom. The van der Waals surface area contributed by atoms with Gasteiger partial charge in [0.05, 0.1) is 5.41 Å². The van der Waals surface area contributed by atoms with Gasteiger partial charge in [0.25, 0.3) is 0 Å². The van der Waals surface area contributed by atoms with Gasteiger partial charge in [-0.2, -0.15) is 0 Å². The monoisotopic (exact) mass is 250 g/mol. The van der Waals surface area contributed by atoms with E-state index in [-0.39, 0.29) is 12.7 Å². The highest BCUT2D eigenvalue weighted by Gasteiger charge is 2.29. The fourth-order valence-electron chi connectivity index (χ4n) is 1.65. The van der Waals surface area contributed by atoms with Crippen LogP contribution in [-0.4, -0.2) is 19.2 Å². The summed E-state index contributed by atoms with van der Waals surface area (Å²) < 4.78 is 10.5. The zero-order valence-corrected chi connectivity index (χ0v) is 10.7. The Labute approximate surface area is 106 Å². The Balaban J connectivity index is 2.12. The van der Waals surface area contributed by atoms with Crippen molar-refractivity contribution < 1.29 is 14.3 Å². The molecule has 2 rings (SSSR count). The molecule has 5 nitrogen and oxygen atoms in total. The lowest BCUT2D eigenvalue weighted by atomic mass is 9.86. The molecule has 1 aromatic carbocycles. The van der Waals surface area contributed by atoms with Gasteiger partial charge in [0.2, 0.25) is 12.7 Å². The molecule has 1 heterocycles. The predicted molar refractivity (Wildman–Crippen MR) is 68.6 cm³/mol. The standard InChI is InChI=1S/C13H18N2O3/c1-3-13(2,7-14)12(16)15-9-4-5-10-11(6-9)18-8-17-10/h4-6H,3,7-8,14H2,1-2H3,(H,15,16). The van der Waals surface area contributed by atoms with E-state index in [0.29, 0.717) is 30.2 Å². The van der Waals surface area contributed by atoms with Gasteiger partial charge in [-0.15, -0.1) is 0 Å². The smallest absolute Gasteiger partial charge is 0.231 e. The number of benzene rings is 1. The van der Waals surface area contributed by atoms with Crippen LogP contribution in [0.15, 0.2) is 18.2 Å². The van der Waals surface area contributed by atoms with Crippen LogP contribution in [0, 0.1) is 5.41 Å². The third-order valence-corrected chi connectivity index (χ3v) is 3.41. The van der Waals surface area contributed by atoms with Gasteiger partial charge in [0.1, 0.15) is 0 Å². The van der Waals surface area contributed by atoms with Crippen molar-refractivity contribution in [2.75, 3.05) is 18.7 Å². The summed E-state index contributed by atoms with van der Waals surface area (Å²) >= 11 is 0. The van der Waals surface area contributed by atoms with Crippen molar-refractivity contribution in [1.29, 1.82) is 0 Å². The van der Waals surface area contributed by atoms with E-state index in [1.54, 1.807) is 18.2 Å². The number of anilines is 1. The Kier molecular flexibility index (Phi) is 3.43. The highest BCUT2D eigenvalue weighted by molar-refractivity contribution is 5.95.